The minimum absolute atomic E-state index is 0.00865. The van der Waals surface area contributed by atoms with Crippen molar-refractivity contribution in [3.8, 4) is 11.5 Å². The van der Waals surface area contributed by atoms with Crippen molar-refractivity contribution >= 4 is 16.7 Å². The van der Waals surface area contributed by atoms with Gasteiger partial charge in [-0.1, -0.05) is 31.7 Å². The summed E-state index contributed by atoms with van der Waals surface area (Å²) in [5.74, 6) is -7.62. The molecule has 0 saturated heterocycles. The Morgan fingerprint density at radius 1 is 0.905 bits per heavy atom. The maximum Gasteiger partial charge on any atom is 0.309 e. The highest BCUT2D eigenvalue weighted by atomic mass is 32.2. The number of phenols is 2. The van der Waals surface area contributed by atoms with Crippen molar-refractivity contribution in [1.29, 1.82) is 0 Å². The predicted octanol–water partition coefficient (Wildman–Crippen LogP) is 6.84. The lowest BCUT2D eigenvalue weighted by atomic mass is 9.93. The Bertz CT molecular complexity index is 1170. The molecule has 3 rings (SSSR count). The fraction of sp³-hybridized carbons (Fsp3) is 0.581. The molecule has 234 valence electrons. The maximum absolute atomic E-state index is 13.3. The number of halogens is 4. The van der Waals surface area contributed by atoms with Crippen LogP contribution >= 0.6 is 0 Å². The van der Waals surface area contributed by atoms with E-state index in [1.54, 1.807) is 29.2 Å². The Kier molecular flexibility index (Phi) is 12.7. The number of unbranched alkanes of at least 4 members (excludes halogenated alkanes) is 5. The summed E-state index contributed by atoms with van der Waals surface area (Å²) in [6, 6.07) is 11.1. The number of hydrogen-bond acceptors (Lipinski definition) is 5. The molecule has 2 atom stereocenters. The van der Waals surface area contributed by atoms with Gasteiger partial charge in [-0.2, -0.15) is 8.78 Å². The number of carbonyl (C=O) groups is 1. The van der Waals surface area contributed by atoms with Crippen molar-refractivity contribution < 1.29 is 41.5 Å². The highest BCUT2D eigenvalue weighted by Gasteiger charge is 2.51. The molecule has 1 heterocycles. The van der Waals surface area contributed by atoms with Crippen LogP contribution in [-0.2, 0) is 28.5 Å². The summed E-state index contributed by atoms with van der Waals surface area (Å²) in [5.41, 5.74) is 2.44. The lowest BCUT2D eigenvalue weighted by Crippen LogP contribution is -2.46. The van der Waals surface area contributed by atoms with Crippen molar-refractivity contribution in [2.24, 2.45) is 0 Å². The number of alkyl halides is 4. The summed E-state index contributed by atoms with van der Waals surface area (Å²) in [7, 11) is -1.28. The first kappa shape index (κ1) is 33.8. The number of rotatable bonds is 17. The topological polar surface area (TPSA) is 87.1 Å². The number of benzene rings is 2. The number of phenolic OH excluding ortho intramolecular Hbond substituents is 2. The van der Waals surface area contributed by atoms with Gasteiger partial charge in [0.25, 0.3) is 5.91 Å². The van der Waals surface area contributed by atoms with Crippen LogP contribution in [0.15, 0.2) is 42.5 Å². The molecule has 0 fully saturated rings. The molecule has 1 amide bonds. The zero-order chi connectivity index (χ0) is 30.8. The SMILES string of the molecule is CC(F)(F)C(F)(F)CCCS(=O)CCCCCCCCOCC1Cc2cc(O)ccc2CN1C(=O)c1ccc(O)cc1. The first-order valence-corrected chi connectivity index (χ1v) is 16.0. The van der Waals surface area contributed by atoms with Crippen LogP contribution in [0, 0.1) is 0 Å². The number of ether oxygens (including phenoxy) is 1. The van der Waals surface area contributed by atoms with Crippen molar-refractivity contribution in [2.75, 3.05) is 24.7 Å². The molecule has 42 heavy (non-hydrogen) atoms. The second kappa shape index (κ2) is 15.7. The van der Waals surface area contributed by atoms with Gasteiger partial charge < -0.3 is 19.8 Å². The summed E-state index contributed by atoms with van der Waals surface area (Å²) in [6.45, 7) is 1.49. The predicted molar refractivity (Wildman–Crippen MR) is 155 cm³/mol. The molecule has 1 aliphatic rings. The summed E-state index contributed by atoms with van der Waals surface area (Å²) >= 11 is 0. The van der Waals surface area contributed by atoms with E-state index in [-0.39, 0.29) is 42.5 Å². The standard InChI is InChI=1S/C31H41F4NO5S/c1-30(32,33)31(34,35)15-8-18-42(40)17-7-5-3-2-4-6-16-41-22-26-19-25-20-28(38)14-11-24(25)21-36(26)29(39)23-9-12-27(37)13-10-23/h9-14,20,26,37-38H,2-8,15-19,21-22H2,1H3. The molecule has 0 bridgehead atoms. The number of amides is 1. The Hall–Kier alpha value is -2.66. The Morgan fingerprint density at radius 3 is 2.21 bits per heavy atom. The number of carbonyl (C=O) groups excluding carboxylic acids is 1. The van der Waals surface area contributed by atoms with Crippen molar-refractivity contribution in [1.82, 2.24) is 4.90 Å². The molecule has 0 aromatic heterocycles. The fourth-order valence-corrected chi connectivity index (χ4v) is 6.16. The average molecular weight is 616 g/mol. The van der Waals surface area contributed by atoms with Crippen LogP contribution in [0.2, 0.25) is 0 Å². The van der Waals surface area contributed by atoms with Crippen LogP contribution in [0.4, 0.5) is 17.6 Å². The van der Waals surface area contributed by atoms with Gasteiger partial charge in [0.2, 0.25) is 0 Å². The lowest BCUT2D eigenvalue weighted by Gasteiger charge is -2.37. The first-order chi connectivity index (χ1) is 19.9. The van der Waals surface area contributed by atoms with E-state index >= 15 is 0 Å². The van der Waals surface area contributed by atoms with Crippen molar-refractivity contribution in [3.05, 3.63) is 59.2 Å². The molecule has 0 aliphatic carbocycles. The van der Waals surface area contributed by atoms with Crippen LogP contribution in [0.3, 0.4) is 0 Å². The van der Waals surface area contributed by atoms with Gasteiger partial charge >= 0.3 is 11.8 Å². The maximum atomic E-state index is 13.3. The largest absolute Gasteiger partial charge is 0.508 e. The summed E-state index contributed by atoms with van der Waals surface area (Å²) < 4.78 is 70.2. The zero-order valence-corrected chi connectivity index (χ0v) is 24.8. The average Bonchev–Trinajstić information content (AvgIpc) is 2.93. The Morgan fingerprint density at radius 2 is 1.52 bits per heavy atom. The van der Waals surface area contributed by atoms with Crippen LogP contribution < -0.4 is 0 Å². The Labute approximate surface area is 247 Å². The van der Waals surface area contributed by atoms with Gasteiger partial charge in [0, 0.05) is 54.4 Å². The number of nitrogens with zero attached hydrogens (tertiary/aromatic N) is 1. The van der Waals surface area contributed by atoms with E-state index in [0.29, 0.717) is 43.9 Å². The van der Waals surface area contributed by atoms with E-state index in [4.69, 9.17) is 4.74 Å². The highest BCUT2D eigenvalue weighted by Crippen LogP contribution is 2.37. The minimum atomic E-state index is -4.07. The van der Waals surface area contributed by atoms with Gasteiger partial charge in [-0.3, -0.25) is 9.00 Å². The third kappa shape index (κ3) is 10.3. The molecule has 0 radical (unpaired) electrons. The summed E-state index contributed by atoms with van der Waals surface area (Å²) in [4.78, 5) is 15.1. The first-order valence-electron chi connectivity index (χ1n) is 14.5. The van der Waals surface area contributed by atoms with E-state index in [0.717, 1.165) is 43.2 Å². The molecule has 2 aromatic carbocycles. The zero-order valence-electron chi connectivity index (χ0n) is 24.0. The number of aromatic hydroxyl groups is 2. The smallest absolute Gasteiger partial charge is 0.309 e. The van der Waals surface area contributed by atoms with E-state index in [1.165, 1.54) is 12.1 Å². The second-order valence-electron chi connectivity index (χ2n) is 11.0. The van der Waals surface area contributed by atoms with Gasteiger partial charge in [-0.15, -0.1) is 0 Å². The van der Waals surface area contributed by atoms with Crippen LogP contribution in [0.1, 0.15) is 79.8 Å². The lowest BCUT2D eigenvalue weighted by molar-refractivity contribution is -0.200. The summed E-state index contributed by atoms with van der Waals surface area (Å²) in [6.07, 6.45) is 4.66. The van der Waals surface area contributed by atoms with Gasteiger partial charge in [0.1, 0.15) is 11.5 Å². The third-order valence-corrected chi connectivity index (χ3v) is 9.02. The number of hydrogen-bond donors (Lipinski definition) is 2. The van der Waals surface area contributed by atoms with Gasteiger partial charge in [-0.05, 0) is 73.2 Å². The van der Waals surface area contributed by atoms with Crippen LogP contribution in [-0.4, -0.2) is 67.8 Å². The van der Waals surface area contributed by atoms with Crippen molar-refractivity contribution in [2.45, 2.75) is 89.1 Å². The van der Waals surface area contributed by atoms with Gasteiger partial charge in [0.15, 0.2) is 0 Å². The van der Waals surface area contributed by atoms with E-state index < -0.39 is 29.1 Å². The fourth-order valence-electron chi connectivity index (χ4n) is 4.96. The quantitative estimate of drug-likeness (QED) is 0.150. The molecular weight excluding hydrogens is 574 g/mol. The molecule has 2 unspecified atom stereocenters. The molecule has 0 spiro atoms. The van der Waals surface area contributed by atoms with E-state index in [1.807, 2.05) is 6.07 Å². The van der Waals surface area contributed by atoms with Gasteiger partial charge in [0.05, 0.1) is 12.6 Å². The monoisotopic (exact) mass is 615 g/mol. The molecule has 0 saturated carbocycles. The normalized spacial score (nSPS) is 16.3. The Balaban J connectivity index is 1.32. The van der Waals surface area contributed by atoms with Crippen LogP contribution in [0.25, 0.3) is 0 Å². The van der Waals surface area contributed by atoms with Crippen molar-refractivity contribution in [3.63, 3.8) is 0 Å². The molecule has 1 aliphatic heterocycles. The highest BCUT2D eigenvalue weighted by molar-refractivity contribution is 7.84. The molecule has 2 aromatic rings. The summed E-state index contributed by atoms with van der Waals surface area (Å²) in [5, 5.41) is 19.5. The minimum Gasteiger partial charge on any atom is -0.508 e. The third-order valence-electron chi connectivity index (χ3n) is 7.53. The van der Waals surface area contributed by atoms with E-state index in [9.17, 15) is 36.8 Å². The molecular formula is C31H41F4NO5S. The van der Waals surface area contributed by atoms with E-state index in [2.05, 4.69) is 0 Å². The molecule has 6 nitrogen and oxygen atoms in total. The molecule has 11 heteroatoms. The second-order valence-corrected chi connectivity index (χ2v) is 12.7. The van der Waals surface area contributed by atoms with Gasteiger partial charge in [-0.25, -0.2) is 8.78 Å². The molecule has 2 N–H and O–H groups in total. The number of fused-ring (bicyclic) bond motifs is 1. The van der Waals surface area contributed by atoms with Crippen LogP contribution in [0.5, 0.6) is 11.5 Å².